The number of hydrogen-bond acceptors (Lipinski definition) is 3. The van der Waals surface area contributed by atoms with Crippen molar-refractivity contribution < 1.29 is 9.84 Å². The van der Waals surface area contributed by atoms with E-state index in [0.717, 1.165) is 21.3 Å². The molecule has 0 aliphatic carbocycles. The molecule has 2 aromatic carbocycles. The van der Waals surface area contributed by atoms with Crippen LogP contribution in [0.1, 0.15) is 6.92 Å². The number of hydrogen-bond donors (Lipinski definition) is 2. The minimum absolute atomic E-state index is 0.161. The largest absolute Gasteiger partial charge is 0.507 e. The zero-order valence-electron chi connectivity index (χ0n) is 12.0. The van der Waals surface area contributed by atoms with Crippen LogP contribution in [0.25, 0.3) is 22.4 Å². The highest BCUT2D eigenvalue weighted by Gasteiger charge is 2.14. The smallest absolute Gasteiger partial charge is 0.128 e. The summed E-state index contributed by atoms with van der Waals surface area (Å²) in [5.41, 5.74) is 3.44. The van der Waals surface area contributed by atoms with Crippen molar-refractivity contribution in [1.82, 2.24) is 10.2 Å². The summed E-state index contributed by atoms with van der Waals surface area (Å²) in [7, 11) is 0. The number of halogens is 1. The van der Waals surface area contributed by atoms with Crippen molar-refractivity contribution in [1.29, 1.82) is 0 Å². The van der Waals surface area contributed by atoms with E-state index in [-0.39, 0.29) is 5.75 Å². The van der Waals surface area contributed by atoms with Crippen molar-refractivity contribution in [2.75, 3.05) is 6.61 Å². The lowest BCUT2D eigenvalue weighted by atomic mass is 10.0. The highest BCUT2D eigenvalue weighted by Crippen LogP contribution is 2.37. The molecule has 5 heteroatoms. The van der Waals surface area contributed by atoms with Gasteiger partial charge in [-0.3, -0.25) is 5.10 Å². The van der Waals surface area contributed by atoms with Crippen molar-refractivity contribution in [3.05, 3.63) is 53.1 Å². The molecule has 112 valence electrons. The first-order valence-electron chi connectivity index (χ1n) is 6.94. The Morgan fingerprint density at radius 3 is 2.59 bits per heavy atom. The predicted molar refractivity (Wildman–Crippen MR) is 90.0 cm³/mol. The molecule has 1 heterocycles. The van der Waals surface area contributed by atoms with E-state index in [0.29, 0.717) is 17.9 Å². The average Bonchev–Trinajstić information content (AvgIpc) is 2.98. The summed E-state index contributed by atoms with van der Waals surface area (Å²) in [5.74, 6) is 0.807. The van der Waals surface area contributed by atoms with Gasteiger partial charge in [-0.05, 0) is 36.8 Å². The van der Waals surface area contributed by atoms with Crippen LogP contribution in [0.15, 0.2) is 53.1 Å². The molecule has 0 atom stereocenters. The number of rotatable bonds is 4. The lowest BCUT2D eigenvalue weighted by Crippen LogP contribution is -1.91. The van der Waals surface area contributed by atoms with Crippen molar-refractivity contribution >= 4 is 15.9 Å². The van der Waals surface area contributed by atoms with Crippen LogP contribution < -0.4 is 4.74 Å². The van der Waals surface area contributed by atoms with Crippen LogP contribution in [0.2, 0.25) is 0 Å². The molecule has 0 bridgehead atoms. The fraction of sp³-hybridized carbons (Fsp3) is 0.118. The molecule has 1 aromatic heterocycles. The van der Waals surface area contributed by atoms with Gasteiger partial charge >= 0.3 is 0 Å². The van der Waals surface area contributed by atoms with Gasteiger partial charge in [0.25, 0.3) is 0 Å². The molecule has 3 aromatic rings. The molecule has 0 aliphatic heterocycles. The van der Waals surface area contributed by atoms with Gasteiger partial charge in [-0.15, -0.1) is 0 Å². The molecule has 0 amide bonds. The fourth-order valence-corrected chi connectivity index (χ4v) is 2.58. The molecule has 0 radical (unpaired) electrons. The highest BCUT2D eigenvalue weighted by molar-refractivity contribution is 9.10. The standard InChI is InChI=1S/C17H15BrN2O2/c1-2-22-13-7-8-14(16(21)9-13)17-15(10-19-20-17)11-3-5-12(18)6-4-11/h3-10,21H,2H2,1H3,(H,19,20). The van der Waals surface area contributed by atoms with Gasteiger partial charge in [0.1, 0.15) is 11.5 Å². The third-order valence-electron chi connectivity index (χ3n) is 3.34. The molecule has 0 saturated carbocycles. The minimum atomic E-state index is 0.161. The molecule has 3 rings (SSSR count). The zero-order chi connectivity index (χ0) is 15.5. The lowest BCUT2D eigenvalue weighted by Gasteiger charge is -2.09. The Labute approximate surface area is 136 Å². The van der Waals surface area contributed by atoms with E-state index >= 15 is 0 Å². The average molecular weight is 359 g/mol. The Morgan fingerprint density at radius 1 is 1.14 bits per heavy atom. The molecule has 0 saturated heterocycles. The molecular formula is C17H15BrN2O2. The fourth-order valence-electron chi connectivity index (χ4n) is 2.32. The van der Waals surface area contributed by atoms with Gasteiger partial charge in [0.2, 0.25) is 0 Å². The van der Waals surface area contributed by atoms with Gasteiger partial charge in [-0.2, -0.15) is 5.10 Å². The summed E-state index contributed by atoms with van der Waals surface area (Å²) >= 11 is 3.43. The molecule has 22 heavy (non-hydrogen) atoms. The number of phenolic OH excluding ortho intramolecular Hbond substituents is 1. The summed E-state index contributed by atoms with van der Waals surface area (Å²) in [4.78, 5) is 0. The van der Waals surface area contributed by atoms with Gasteiger partial charge in [-0.25, -0.2) is 0 Å². The topological polar surface area (TPSA) is 58.1 Å². The van der Waals surface area contributed by atoms with E-state index in [1.54, 1.807) is 12.3 Å². The number of benzene rings is 2. The number of aromatic nitrogens is 2. The third kappa shape index (κ3) is 2.85. The number of H-pyrrole nitrogens is 1. The van der Waals surface area contributed by atoms with Crippen molar-refractivity contribution in [2.45, 2.75) is 6.92 Å². The maximum Gasteiger partial charge on any atom is 0.128 e. The predicted octanol–water partition coefficient (Wildman–Crippen LogP) is 4.61. The van der Waals surface area contributed by atoms with Crippen molar-refractivity contribution in [2.24, 2.45) is 0 Å². The first-order valence-corrected chi connectivity index (χ1v) is 7.74. The zero-order valence-corrected chi connectivity index (χ0v) is 13.6. The monoisotopic (exact) mass is 358 g/mol. The lowest BCUT2D eigenvalue weighted by molar-refractivity contribution is 0.338. The number of nitrogens with one attached hydrogen (secondary N) is 1. The van der Waals surface area contributed by atoms with Gasteiger partial charge in [0.15, 0.2) is 0 Å². The first-order chi connectivity index (χ1) is 10.7. The van der Waals surface area contributed by atoms with Crippen LogP contribution in [0.3, 0.4) is 0 Å². The van der Waals surface area contributed by atoms with E-state index in [2.05, 4.69) is 26.1 Å². The van der Waals surface area contributed by atoms with E-state index < -0.39 is 0 Å². The number of aromatic amines is 1. The normalized spacial score (nSPS) is 10.6. The van der Waals surface area contributed by atoms with Gasteiger partial charge in [0.05, 0.1) is 18.5 Å². The second-order valence-corrected chi connectivity index (χ2v) is 5.69. The van der Waals surface area contributed by atoms with Gasteiger partial charge in [-0.1, -0.05) is 28.1 Å². The second-order valence-electron chi connectivity index (χ2n) is 4.78. The maximum absolute atomic E-state index is 10.3. The van der Waals surface area contributed by atoms with Gasteiger partial charge in [0, 0.05) is 21.7 Å². The summed E-state index contributed by atoms with van der Waals surface area (Å²) in [6.45, 7) is 2.47. The molecule has 0 fully saturated rings. The Kier molecular flexibility index (Phi) is 4.15. The Morgan fingerprint density at radius 2 is 1.91 bits per heavy atom. The van der Waals surface area contributed by atoms with Crippen molar-refractivity contribution in [3.8, 4) is 33.9 Å². The molecule has 0 unspecified atom stereocenters. The summed E-state index contributed by atoms with van der Waals surface area (Å²) in [6, 6.07) is 13.2. The van der Waals surface area contributed by atoms with E-state index in [4.69, 9.17) is 4.74 Å². The van der Waals surface area contributed by atoms with E-state index in [9.17, 15) is 5.11 Å². The number of ether oxygens (including phenoxy) is 1. The number of aromatic hydroxyl groups is 1. The van der Waals surface area contributed by atoms with Crippen LogP contribution in [0, 0.1) is 0 Å². The Balaban J connectivity index is 2.03. The van der Waals surface area contributed by atoms with Gasteiger partial charge < -0.3 is 9.84 Å². The molecule has 4 nitrogen and oxygen atoms in total. The molecule has 0 aliphatic rings. The molecule has 0 spiro atoms. The van der Waals surface area contributed by atoms with Crippen LogP contribution in [-0.2, 0) is 0 Å². The molecular weight excluding hydrogens is 344 g/mol. The van der Waals surface area contributed by atoms with Crippen LogP contribution in [0.4, 0.5) is 0 Å². The molecule has 2 N–H and O–H groups in total. The highest BCUT2D eigenvalue weighted by atomic mass is 79.9. The Hall–Kier alpha value is -2.27. The van der Waals surface area contributed by atoms with E-state index in [1.165, 1.54) is 0 Å². The maximum atomic E-state index is 10.3. The Bertz CT molecular complexity index is 782. The minimum Gasteiger partial charge on any atom is -0.507 e. The second kappa shape index (κ2) is 6.23. The number of nitrogens with zero attached hydrogens (tertiary/aromatic N) is 1. The summed E-state index contributed by atoms with van der Waals surface area (Å²) in [6.07, 6.45) is 1.76. The SMILES string of the molecule is CCOc1ccc(-c2[nH]ncc2-c2ccc(Br)cc2)c(O)c1. The quantitative estimate of drug-likeness (QED) is 0.715. The first kappa shape index (κ1) is 14.7. The van der Waals surface area contributed by atoms with Crippen molar-refractivity contribution in [3.63, 3.8) is 0 Å². The third-order valence-corrected chi connectivity index (χ3v) is 3.87. The van der Waals surface area contributed by atoms with Crippen LogP contribution in [-0.4, -0.2) is 21.9 Å². The van der Waals surface area contributed by atoms with Crippen LogP contribution >= 0.6 is 15.9 Å². The van der Waals surface area contributed by atoms with E-state index in [1.807, 2.05) is 43.3 Å². The number of phenols is 1. The van der Waals surface area contributed by atoms with Crippen LogP contribution in [0.5, 0.6) is 11.5 Å². The summed E-state index contributed by atoms with van der Waals surface area (Å²) in [5, 5.41) is 17.4. The summed E-state index contributed by atoms with van der Waals surface area (Å²) < 4.78 is 6.41.